The first-order chi connectivity index (χ1) is 17.3. The molecule has 0 bridgehead atoms. The summed E-state index contributed by atoms with van der Waals surface area (Å²) in [6, 6.07) is 5.73. The van der Waals surface area contributed by atoms with Gasteiger partial charge >= 0.3 is 6.18 Å². The summed E-state index contributed by atoms with van der Waals surface area (Å²) >= 11 is 0. The highest BCUT2D eigenvalue weighted by Gasteiger charge is 2.39. The van der Waals surface area contributed by atoms with Gasteiger partial charge in [-0.2, -0.15) is 13.2 Å². The molecule has 0 aliphatic heterocycles. The Kier molecular flexibility index (Phi) is 17.6. The van der Waals surface area contributed by atoms with Gasteiger partial charge in [0.05, 0.1) is 6.61 Å². The molecule has 3 nitrogen and oxygen atoms in total. The molecule has 208 valence electrons. The Morgan fingerprint density at radius 1 is 0.806 bits per heavy atom. The van der Waals surface area contributed by atoms with E-state index in [1.807, 2.05) is 0 Å². The van der Waals surface area contributed by atoms with Gasteiger partial charge in [-0.1, -0.05) is 115 Å². The average Bonchev–Trinajstić information content (AvgIpc) is 2.84. The van der Waals surface area contributed by atoms with Crippen molar-refractivity contribution in [3.05, 3.63) is 29.8 Å². The number of Topliss-reactive ketones (excluding diaryl/α,β-unsaturated/α-hetero) is 1. The SMILES string of the molecule is CCCCCCCCCCCCCCCCCC(CCOc1cccc(C(=O)C(F)(F)F)c1)N(C)C. The molecule has 0 amide bonds. The van der Waals surface area contributed by atoms with Crippen molar-refractivity contribution in [3.63, 3.8) is 0 Å². The number of alkyl halides is 3. The zero-order chi connectivity index (χ0) is 26.7. The van der Waals surface area contributed by atoms with Gasteiger partial charge in [0.1, 0.15) is 5.75 Å². The van der Waals surface area contributed by atoms with Crippen LogP contribution in [0.1, 0.15) is 126 Å². The molecule has 1 aromatic rings. The number of carbonyl (C=O) groups excluding carboxylic acids is 1. The number of benzene rings is 1. The summed E-state index contributed by atoms with van der Waals surface area (Å²) < 4.78 is 43.6. The van der Waals surface area contributed by atoms with Crippen LogP contribution in [0.25, 0.3) is 0 Å². The van der Waals surface area contributed by atoms with E-state index >= 15 is 0 Å². The van der Waals surface area contributed by atoms with E-state index in [9.17, 15) is 18.0 Å². The predicted octanol–water partition coefficient (Wildman–Crippen LogP) is 9.39. The minimum absolute atomic E-state index is 0.301. The summed E-state index contributed by atoms with van der Waals surface area (Å²) in [6.07, 6.45) is 17.3. The van der Waals surface area contributed by atoms with Crippen molar-refractivity contribution in [1.29, 1.82) is 0 Å². The normalized spacial score (nSPS) is 12.8. The number of halogens is 3. The van der Waals surface area contributed by atoms with Crippen LogP contribution in [-0.2, 0) is 0 Å². The van der Waals surface area contributed by atoms with Gasteiger partial charge in [0.2, 0.25) is 0 Å². The van der Waals surface area contributed by atoms with Crippen LogP contribution >= 0.6 is 0 Å². The van der Waals surface area contributed by atoms with Gasteiger partial charge in [0, 0.05) is 11.6 Å². The monoisotopic (exact) mass is 513 g/mol. The molecule has 0 aliphatic carbocycles. The summed E-state index contributed by atoms with van der Waals surface area (Å²) in [4.78, 5) is 13.6. The highest BCUT2D eigenvalue weighted by atomic mass is 19.4. The largest absolute Gasteiger partial charge is 0.494 e. The van der Waals surface area contributed by atoms with Gasteiger partial charge in [-0.15, -0.1) is 0 Å². The minimum atomic E-state index is -4.87. The fourth-order valence-electron chi connectivity index (χ4n) is 4.62. The first-order valence-electron chi connectivity index (χ1n) is 14.3. The van der Waals surface area contributed by atoms with Gasteiger partial charge in [0.25, 0.3) is 5.78 Å². The Balaban J connectivity index is 2.10. The smallest absolute Gasteiger partial charge is 0.454 e. The third-order valence-electron chi connectivity index (χ3n) is 6.94. The zero-order valence-corrected chi connectivity index (χ0v) is 23.0. The van der Waals surface area contributed by atoms with Gasteiger partial charge in [-0.25, -0.2) is 0 Å². The number of hydrogen-bond donors (Lipinski definition) is 0. The van der Waals surface area contributed by atoms with Crippen LogP contribution in [0, 0.1) is 0 Å². The summed E-state index contributed by atoms with van der Waals surface area (Å²) in [7, 11) is 4.11. The summed E-state index contributed by atoms with van der Waals surface area (Å²) in [5.41, 5.74) is -0.387. The number of rotatable bonds is 22. The third-order valence-corrected chi connectivity index (χ3v) is 6.94. The first kappa shape index (κ1) is 32.5. The van der Waals surface area contributed by atoms with Crippen LogP contribution < -0.4 is 4.74 Å². The van der Waals surface area contributed by atoms with Crippen molar-refractivity contribution in [3.8, 4) is 5.75 Å². The summed E-state index contributed by atoms with van der Waals surface area (Å²) in [6.45, 7) is 2.67. The van der Waals surface area contributed by atoms with E-state index in [1.165, 1.54) is 115 Å². The van der Waals surface area contributed by atoms with Crippen molar-refractivity contribution >= 4 is 5.78 Å². The van der Waals surface area contributed by atoms with Gasteiger partial charge < -0.3 is 9.64 Å². The van der Waals surface area contributed by atoms with Crippen LogP contribution in [0.15, 0.2) is 24.3 Å². The lowest BCUT2D eigenvalue weighted by molar-refractivity contribution is -0.0885. The van der Waals surface area contributed by atoms with Gasteiger partial charge in [0.15, 0.2) is 0 Å². The maximum absolute atomic E-state index is 12.6. The second-order valence-electron chi connectivity index (χ2n) is 10.3. The van der Waals surface area contributed by atoms with E-state index in [1.54, 1.807) is 6.07 Å². The molecule has 0 heterocycles. The molecule has 36 heavy (non-hydrogen) atoms. The average molecular weight is 514 g/mol. The summed E-state index contributed by atoms with van der Waals surface area (Å²) in [5, 5.41) is 0. The Labute approximate surface area is 218 Å². The quantitative estimate of drug-likeness (QED) is 0.114. The van der Waals surface area contributed by atoms with Crippen LogP contribution in [0.3, 0.4) is 0 Å². The standard InChI is InChI=1S/C30H50F3NO2/c1-4-5-6-7-8-9-10-11-12-13-14-15-16-17-18-21-27(34(2)3)23-24-36-28-22-19-20-26(25-28)29(35)30(31,32)33/h19-20,22,25,27H,4-18,21,23-24H2,1-3H3. The Morgan fingerprint density at radius 3 is 1.78 bits per heavy atom. The number of carbonyl (C=O) groups is 1. The van der Waals surface area contributed by atoms with Crippen molar-refractivity contribution in [2.75, 3.05) is 20.7 Å². The minimum Gasteiger partial charge on any atom is -0.494 e. The topological polar surface area (TPSA) is 29.5 Å². The molecule has 0 aliphatic rings. The molecule has 6 heteroatoms. The molecule has 1 unspecified atom stereocenters. The van der Waals surface area contributed by atoms with Crippen molar-refractivity contribution < 1.29 is 22.7 Å². The molecule has 0 N–H and O–H groups in total. The van der Waals surface area contributed by atoms with Gasteiger partial charge in [-0.3, -0.25) is 4.79 Å². The van der Waals surface area contributed by atoms with Crippen LogP contribution in [0.5, 0.6) is 5.75 Å². The highest BCUT2D eigenvalue weighted by Crippen LogP contribution is 2.24. The fourth-order valence-corrected chi connectivity index (χ4v) is 4.62. The van der Waals surface area contributed by atoms with Crippen molar-refractivity contribution in [2.45, 2.75) is 128 Å². The van der Waals surface area contributed by atoms with Crippen molar-refractivity contribution in [2.24, 2.45) is 0 Å². The molecule has 1 atom stereocenters. The molecule has 0 saturated heterocycles. The lowest BCUT2D eigenvalue weighted by atomic mass is 10.0. The maximum Gasteiger partial charge on any atom is 0.454 e. The number of nitrogens with zero attached hydrogens (tertiary/aromatic N) is 1. The number of hydrogen-bond acceptors (Lipinski definition) is 3. The lowest BCUT2D eigenvalue weighted by Gasteiger charge is -2.24. The number of ketones is 1. The zero-order valence-electron chi connectivity index (χ0n) is 23.0. The molecular formula is C30H50F3NO2. The second kappa shape index (κ2) is 19.5. The fraction of sp³-hybridized carbons (Fsp3) is 0.767. The highest BCUT2D eigenvalue weighted by molar-refractivity contribution is 6.00. The first-order valence-corrected chi connectivity index (χ1v) is 14.3. The summed E-state index contributed by atoms with van der Waals surface area (Å²) in [5.74, 6) is -1.54. The Bertz CT molecular complexity index is 691. The Hall–Kier alpha value is -1.56. The molecule has 0 aromatic heterocycles. The van der Waals surface area contributed by atoms with Crippen LogP contribution in [0.2, 0.25) is 0 Å². The van der Waals surface area contributed by atoms with Gasteiger partial charge in [-0.05, 0) is 39.1 Å². The van der Waals surface area contributed by atoms with E-state index in [0.717, 1.165) is 12.8 Å². The van der Waals surface area contributed by atoms with E-state index in [4.69, 9.17) is 4.74 Å². The van der Waals surface area contributed by atoms with E-state index in [0.29, 0.717) is 18.4 Å². The maximum atomic E-state index is 12.6. The number of ether oxygens (including phenoxy) is 1. The third kappa shape index (κ3) is 15.5. The lowest BCUT2D eigenvalue weighted by Crippen LogP contribution is -2.29. The molecule has 0 spiro atoms. The molecule has 0 radical (unpaired) electrons. The van der Waals surface area contributed by atoms with E-state index < -0.39 is 12.0 Å². The molecule has 0 saturated carbocycles. The van der Waals surface area contributed by atoms with Crippen molar-refractivity contribution in [1.82, 2.24) is 4.90 Å². The van der Waals surface area contributed by atoms with E-state index in [-0.39, 0.29) is 5.56 Å². The molecular weight excluding hydrogens is 463 g/mol. The predicted molar refractivity (Wildman–Crippen MR) is 144 cm³/mol. The van der Waals surface area contributed by atoms with Crippen LogP contribution in [-0.4, -0.2) is 43.6 Å². The van der Waals surface area contributed by atoms with E-state index in [2.05, 4.69) is 25.9 Å². The van der Waals surface area contributed by atoms with Crippen LogP contribution in [0.4, 0.5) is 13.2 Å². The Morgan fingerprint density at radius 2 is 1.31 bits per heavy atom. The molecule has 1 aromatic carbocycles. The molecule has 1 rings (SSSR count). The molecule has 0 fully saturated rings. The second-order valence-corrected chi connectivity index (χ2v) is 10.3. The number of unbranched alkanes of at least 4 members (excludes halogenated alkanes) is 14.